The van der Waals surface area contributed by atoms with E-state index >= 15 is 0 Å². The van der Waals surface area contributed by atoms with Crippen molar-refractivity contribution >= 4 is 29.0 Å². The molecule has 2 aromatic heterocycles. The maximum absolute atomic E-state index is 12.3. The Hall–Kier alpha value is -3.33. The molecular formula is C15H11ClN6O3. The molecule has 2 heterocycles. The van der Waals surface area contributed by atoms with Crippen molar-refractivity contribution in [3.05, 3.63) is 69.5 Å². The smallest absolute Gasteiger partial charge is 0.288 e. The number of aryl methyl sites for hydroxylation is 1. The Kier molecular flexibility index (Phi) is 4.40. The molecule has 0 saturated heterocycles. The zero-order valence-corrected chi connectivity index (χ0v) is 13.6. The van der Waals surface area contributed by atoms with E-state index in [9.17, 15) is 14.9 Å². The molecular weight excluding hydrogens is 348 g/mol. The van der Waals surface area contributed by atoms with Crippen LogP contribution in [0.2, 0.25) is 5.02 Å². The number of carbonyl (C=O) groups excluding carboxylic acids is 1. The molecule has 10 heteroatoms. The van der Waals surface area contributed by atoms with Gasteiger partial charge in [-0.3, -0.25) is 19.5 Å². The first-order valence-corrected chi connectivity index (χ1v) is 7.41. The van der Waals surface area contributed by atoms with E-state index in [1.54, 1.807) is 23.0 Å². The van der Waals surface area contributed by atoms with Crippen molar-refractivity contribution in [3.8, 4) is 5.82 Å². The number of nitro benzene ring substituents is 1. The van der Waals surface area contributed by atoms with Gasteiger partial charge in [0.2, 0.25) is 0 Å². The molecule has 0 spiro atoms. The number of rotatable bonds is 4. The minimum absolute atomic E-state index is 0.0403. The molecule has 0 aliphatic heterocycles. The Bertz CT molecular complexity index is 971. The van der Waals surface area contributed by atoms with Crippen LogP contribution in [0, 0.1) is 17.0 Å². The third kappa shape index (κ3) is 3.45. The van der Waals surface area contributed by atoms with E-state index in [2.05, 4.69) is 20.3 Å². The summed E-state index contributed by atoms with van der Waals surface area (Å²) in [5.74, 6) is 0.958. The van der Waals surface area contributed by atoms with Gasteiger partial charge in [0.15, 0.2) is 0 Å². The Morgan fingerprint density at radius 1 is 1.28 bits per heavy atom. The minimum Gasteiger partial charge on any atom is -0.306 e. The van der Waals surface area contributed by atoms with E-state index in [-0.39, 0.29) is 22.1 Å². The number of hydrogen-bond acceptors (Lipinski definition) is 6. The maximum Gasteiger partial charge on any atom is 0.288 e. The van der Waals surface area contributed by atoms with E-state index in [1.165, 1.54) is 18.5 Å². The quantitative estimate of drug-likeness (QED) is 0.566. The fourth-order valence-corrected chi connectivity index (χ4v) is 2.34. The van der Waals surface area contributed by atoms with E-state index < -0.39 is 10.8 Å². The van der Waals surface area contributed by atoms with Crippen molar-refractivity contribution in [3.63, 3.8) is 0 Å². The van der Waals surface area contributed by atoms with Gasteiger partial charge in [-0.1, -0.05) is 11.6 Å². The van der Waals surface area contributed by atoms with Crippen molar-refractivity contribution in [1.29, 1.82) is 0 Å². The lowest BCUT2D eigenvalue weighted by molar-refractivity contribution is -0.384. The zero-order chi connectivity index (χ0) is 18.0. The number of imidazole rings is 1. The second kappa shape index (κ2) is 6.65. The summed E-state index contributed by atoms with van der Waals surface area (Å²) < 4.78 is 1.73. The predicted octanol–water partition coefficient (Wildman–Crippen LogP) is 2.78. The minimum atomic E-state index is -0.649. The van der Waals surface area contributed by atoms with Gasteiger partial charge in [0, 0.05) is 30.1 Å². The number of nitro groups is 1. The number of nitrogens with zero attached hydrogens (tertiary/aromatic N) is 5. The van der Waals surface area contributed by atoms with Crippen LogP contribution in [-0.2, 0) is 0 Å². The number of amides is 1. The standard InChI is InChI=1S/C15H11ClN6O3/c1-9-17-4-5-21(9)14-7-13(18-8-19-14)20-15(23)10-2-3-11(16)12(6-10)22(24)25/h2-8H,1H3,(H,18,19,20,23). The summed E-state index contributed by atoms with van der Waals surface area (Å²) in [4.78, 5) is 34.8. The fraction of sp³-hybridized carbons (Fsp3) is 0.0667. The van der Waals surface area contributed by atoms with Crippen molar-refractivity contribution in [2.24, 2.45) is 0 Å². The summed E-state index contributed by atoms with van der Waals surface area (Å²) in [7, 11) is 0. The summed E-state index contributed by atoms with van der Waals surface area (Å²) in [6, 6.07) is 5.37. The van der Waals surface area contributed by atoms with Crippen LogP contribution in [0.5, 0.6) is 0 Å². The summed E-state index contributed by atoms with van der Waals surface area (Å²) in [5.41, 5.74) is -0.248. The molecule has 0 atom stereocenters. The van der Waals surface area contributed by atoms with Gasteiger partial charge in [0.1, 0.15) is 28.8 Å². The average Bonchev–Trinajstić information content (AvgIpc) is 3.01. The van der Waals surface area contributed by atoms with Gasteiger partial charge in [-0.25, -0.2) is 15.0 Å². The molecule has 3 rings (SSSR count). The zero-order valence-electron chi connectivity index (χ0n) is 12.9. The van der Waals surface area contributed by atoms with Crippen LogP contribution in [0.15, 0.2) is 43.0 Å². The molecule has 0 unspecified atom stereocenters. The Morgan fingerprint density at radius 3 is 2.76 bits per heavy atom. The van der Waals surface area contributed by atoms with Crippen molar-refractivity contribution < 1.29 is 9.72 Å². The molecule has 9 nitrogen and oxygen atoms in total. The van der Waals surface area contributed by atoms with Gasteiger partial charge in [-0.15, -0.1) is 0 Å². The normalized spacial score (nSPS) is 10.5. The first-order valence-electron chi connectivity index (χ1n) is 7.03. The average molecular weight is 359 g/mol. The molecule has 1 aromatic carbocycles. The first-order chi connectivity index (χ1) is 12.0. The van der Waals surface area contributed by atoms with Crippen LogP contribution in [0.3, 0.4) is 0 Å². The third-order valence-corrected chi connectivity index (χ3v) is 3.69. The van der Waals surface area contributed by atoms with E-state index in [4.69, 9.17) is 11.6 Å². The molecule has 0 aliphatic rings. The highest BCUT2D eigenvalue weighted by Gasteiger charge is 2.17. The number of hydrogen-bond donors (Lipinski definition) is 1. The third-order valence-electron chi connectivity index (χ3n) is 3.37. The molecule has 0 saturated carbocycles. The lowest BCUT2D eigenvalue weighted by Crippen LogP contribution is -2.14. The van der Waals surface area contributed by atoms with Crippen LogP contribution in [0.25, 0.3) is 5.82 Å². The number of anilines is 1. The molecule has 3 aromatic rings. The second-order valence-corrected chi connectivity index (χ2v) is 5.39. The largest absolute Gasteiger partial charge is 0.306 e. The predicted molar refractivity (Wildman–Crippen MR) is 90.0 cm³/mol. The number of carbonyl (C=O) groups is 1. The highest BCUT2D eigenvalue weighted by atomic mass is 35.5. The van der Waals surface area contributed by atoms with Crippen molar-refractivity contribution in [1.82, 2.24) is 19.5 Å². The van der Waals surface area contributed by atoms with Gasteiger partial charge in [-0.05, 0) is 19.1 Å². The summed E-state index contributed by atoms with van der Waals surface area (Å²) in [5, 5.41) is 13.5. The molecule has 0 aliphatic carbocycles. The van der Waals surface area contributed by atoms with Crippen LogP contribution >= 0.6 is 11.6 Å². The van der Waals surface area contributed by atoms with Gasteiger partial charge >= 0.3 is 0 Å². The van der Waals surface area contributed by atoms with E-state index in [0.29, 0.717) is 5.82 Å². The monoisotopic (exact) mass is 358 g/mol. The highest BCUT2D eigenvalue weighted by Crippen LogP contribution is 2.25. The Balaban J connectivity index is 1.86. The number of aromatic nitrogens is 4. The Labute approximate surface area is 146 Å². The molecule has 0 fully saturated rings. The second-order valence-electron chi connectivity index (χ2n) is 4.98. The number of benzene rings is 1. The van der Waals surface area contributed by atoms with Gasteiger partial charge in [0.05, 0.1) is 4.92 Å². The Morgan fingerprint density at radius 2 is 2.08 bits per heavy atom. The molecule has 1 N–H and O–H groups in total. The van der Waals surface area contributed by atoms with Gasteiger partial charge in [0.25, 0.3) is 11.6 Å². The summed E-state index contributed by atoms with van der Waals surface area (Å²) in [6.45, 7) is 1.81. The summed E-state index contributed by atoms with van der Waals surface area (Å²) in [6.07, 6.45) is 4.66. The fourth-order valence-electron chi connectivity index (χ4n) is 2.15. The molecule has 0 radical (unpaired) electrons. The lowest BCUT2D eigenvalue weighted by atomic mass is 10.2. The first kappa shape index (κ1) is 16.5. The van der Waals surface area contributed by atoms with E-state index in [0.717, 1.165) is 11.9 Å². The maximum atomic E-state index is 12.3. The van der Waals surface area contributed by atoms with Crippen LogP contribution in [0.4, 0.5) is 11.5 Å². The highest BCUT2D eigenvalue weighted by molar-refractivity contribution is 6.32. The topological polar surface area (TPSA) is 116 Å². The molecule has 0 bridgehead atoms. The number of halogens is 1. The lowest BCUT2D eigenvalue weighted by Gasteiger charge is -2.07. The van der Waals surface area contributed by atoms with E-state index in [1.807, 2.05) is 6.92 Å². The molecule has 25 heavy (non-hydrogen) atoms. The molecule has 1 amide bonds. The van der Waals surface area contributed by atoms with Gasteiger partial charge < -0.3 is 5.32 Å². The van der Waals surface area contributed by atoms with Crippen LogP contribution in [0.1, 0.15) is 16.2 Å². The molecule has 126 valence electrons. The SMILES string of the molecule is Cc1nccn1-c1cc(NC(=O)c2ccc(Cl)c([N+](=O)[O-])c2)ncn1. The van der Waals surface area contributed by atoms with Crippen molar-refractivity contribution in [2.45, 2.75) is 6.92 Å². The van der Waals surface area contributed by atoms with Crippen LogP contribution in [-0.4, -0.2) is 30.3 Å². The van der Waals surface area contributed by atoms with Gasteiger partial charge in [-0.2, -0.15) is 0 Å². The van der Waals surface area contributed by atoms with Crippen LogP contribution < -0.4 is 5.32 Å². The number of nitrogens with one attached hydrogen (secondary N) is 1. The van der Waals surface area contributed by atoms with Crippen molar-refractivity contribution in [2.75, 3.05) is 5.32 Å². The summed E-state index contributed by atoms with van der Waals surface area (Å²) >= 11 is 5.75.